The summed E-state index contributed by atoms with van der Waals surface area (Å²) in [6.45, 7) is 6.92. The van der Waals surface area contributed by atoms with Crippen LogP contribution in [0.5, 0.6) is 0 Å². The highest BCUT2D eigenvalue weighted by atomic mass is 16.5. The monoisotopic (exact) mass is 269 g/mol. The second-order valence-corrected chi connectivity index (χ2v) is 3.70. The maximum atomic E-state index is 8.50. The van der Waals surface area contributed by atoms with Gasteiger partial charge in [-0.15, -0.1) is 0 Å². The van der Waals surface area contributed by atoms with Crippen LogP contribution >= 0.6 is 0 Å². The van der Waals surface area contributed by atoms with Crippen LogP contribution in [-0.4, -0.2) is 66.6 Å². The molecule has 0 rings (SSSR count). The average molecular weight is 269 g/mol. The highest BCUT2D eigenvalue weighted by Crippen LogP contribution is 2.11. The lowest BCUT2D eigenvalue weighted by Gasteiger charge is -2.23. The normalized spacial score (nSPS) is 10.0. The third-order valence-corrected chi connectivity index (χ3v) is 2.04. The summed E-state index contributed by atoms with van der Waals surface area (Å²) in [6, 6.07) is 0. The molecule has 0 unspecified atom stereocenters. The maximum Gasteiger partial charge on any atom is 0.0627 e. The Kier molecular flexibility index (Phi) is 24.3. The predicted octanol–water partition coefficient (Wildman–Crippen LogP) is -0.660. The van der Waals surface area contributed by atoms with Crippen molar-refractivity contribution in [2.75, 3.05) is 46.2 Å². The molecule has 0 aromatic rings. The van der Waals surface area contributed by atoms with Crippen molar-refractivity contribution in [1.82, 2.24) is 0 Å². The molecule has 0 aliphatic heterocycles. The third-order valence-electron chi connectivity index (χ3n) is 2.04. The molecule has 0 atom stereocenters. The van der Waals surface area contributed by atoms with Gasteiger partial charge in [-0.2, -0.15) is 0 Å². The zero-order valence-electron chi connectivity index (χ0n) is 11.9. The molecule has 6 nitrogen and oxygen atoms in total. The Morgan fingerprint density at radius 2 is 1.11 bits per heavy atom. The van der Waals surface area contributed by atoms with Crippen LogP contribution in [0.3, 0.4) is 0 Å². The molecule has 0 aromatic carbocycles. The minimum absolute atomic E-state index is 0.406. The van der Waals surface area contributed by atoms with E-state index in [-0.39, 0.29) is 0 Å². The lowest BCUT2D eigenvalue weighted by molar-refractivity contribution is -0.0328. The standard InChI is InChI=1S/C5H12O4.C4H10O.C3H9N/c6-1-5(2-7,3-8)4-9;1-3-5-4-2;1-2-3-4/h6-9H,1-4H2;3-4H2,1-2H3;2-4H2,1H3. The first-order valence-electron chi connectivity index (χ1n) is 6.29. The number of hydrogen-bond acceptors (Lipinski definition) is 6. The fourth-order valence-corrected chi connectivity index (χ4v) is 0.504. The quantitative estimate of drug-likeness (QED) is 0.419. The summed E-state index contributed by atoms with van der Waals surface area (Å²) in [5.74, 6) is 0. The van der Waals surface area contributed by atoms with Crippen LogP contribution < -0.4 is 5.73 Å². The first-order chi connectivity index (χ1) is 8.57. The van der Waals surface area contributed by atoms with Gasteiger partial charge in [-0.3, -0.25) is 0 Å². The summed E-state index contributed by atoms with van der Waals surface area (Å²) in [6.07, 6.45) is 1.10. The number of aliphatic hydroxyl groups excluding tert-OH is 4. The molecule has 0 bridgehead atoms. The van der Waals surface area contributed by atoms with E-state index >= 15 is 0 Å². The number of hydrogen-bond donors (Lipinski definition) is 5. The largest absolute Gasteiger partial charge is 0.396 e. The van der Waals surface area contributed by atoms with E-state index < -0.39 is 31.8 Å². The molecule has 0 fully saturated rings. The molecular formula is C12H31NO5. The Labute approximate surface area is 110 Å². The number of aliphatic hydroxyl groups is 4. The molecule has 0 aliphatic rings. The SMILES string of the molecule is CCCN.CCOCC.OCC(CO)(CO)CO. The Morgan fingerprint density at radius 1 is 0.833 bits per heavy atom. The van der Waals surface area contributed by atoms with E-state index in [2.05, 4.69) is 6.92 Å². The Hall–Kier alpha value is -0.240. The van der Waals surface area contributed by atoms with Crippen molar-refractivity contribution >= 4 is 0 Å². The first-order valence-corrected chi connectivity index (χ1v) is 6.29. The van der Waals surface area contributed by atoms with Crippen LogP contribution in [-0.2, 0) is 4.74 Å². The van der Waals surface area contributed by atoms with Gasteiger partial charge < -0.3 is 30.9 Å². The predicted molar refractivity (Wildman–Crippen MR) is 72.3 cm³/mol. The van der Waals surface area contributed by atoms with E-state index in [0.717, 1.165) is 26.2 Å². The molecule has 0 spiro atoms. The van der Waals surface area contributed by atoms with Gasteiger partial charge in [0.1, 0.15) is 0 Å². The summed E-state index contributed by atoms with van der Waals surface area (Å²) in [5, 5.41) is 34.0. The van der Waals surface area contributed by atoms with Gasteiger partial charge in [0.2, 0.25) is 0 Å². The fraction of sp³-hybridized carbons (Fsp3) is 1.00. The Bertz CT molecular complexity index is 110. The maximum absolute atomic E-state index is 8.50. The third kappa shape index (κ3) is 15.8. The molecule has 0 aliphatic carbocycles. The van der Waals surface area contributed by atoms with Crippen molar-refractivity contribution < 1.29 is 25.2 Å². The number of rotatable bonds is 7. The van der Waals surface area contributed by atoms with Gasteiger partial charge in [0, 0.05) is 13.2 Å². The van der Waals surface area contributed by atoms with Gasteiger partial charge in [0.25, 0.3) is 0 Å². The number of nitrogens with two attached hydrogens (primary N) is 1. The molecule has 6 heteroatoms. The first kappa shape index (κ1) is 22.9. The van der Waals surface area contributed by atoms with E-state index in [9.17, 15) is 0 Å². The summed E-state index contributed by atoms with van der Waals surface area (Å²) in [7, 11) is 0. The van der Waals surface area contributed by atoms with Crippen LogP contribution in [0.1, 0.15) is 27.2 Å². The van der Waals surface area contributed by atoms with E-state index in [4.69, 9.17) is 30.9 Å². The summed E-state index contributed by atoms with van der Waals surface area (Å²) in [4.78, 5) is 0. The van der Waals surface area contributed by atoms with E-state index in [1.165, 1.54) is 0 Å². The van der Waals surface area contributed by atoms with Crippen molar-refractivity contribution in [3.8, 4) is 0 Å². The minimum atomic E-state index is -1.11. The molecule has 0 heterocycles. The molecule has 0 aromatic heterocycles. The topological polar surface area (TPSA) is 116 Å². The zero-order valence-corrected chi connectivity index (χ0v) is 11.9. The van der Waals surface area contributed by atoms with Crippen LogP contribution in [0.4, 0.5) is 0 Å². The van der Waals surface area contributed by atoms with Gasteiger partial charge in [-0.1, -0.05) is 6.92 Å². The lowest BCUT2D eigenvalue weighted by Crippen LogP contribution is -2.37. The Morgan fingerprint density at radius 3 is 1.11 bits per heavy atom. The van der Waals surface area contributed by atoms with E-state index in [0.29, 0.717) is 0 Å². The smallest absolute Gasteiger partial charge is 0.0627 e. The van der Waals surface area contributed by atoms with E-state index in [1.807, 2.05) is 13.8 Å². The Balaban J connectivity index is -0.000000212. The molecule has 0 radical (unpaired) electrons. The summed E-state index contributed by atoms with van der Waals surface area (Å²) < 4.78 is 4.83. The molecule has 0 amide bonds. The van der Waals surface area contributed by atoms with Crippen LogP contribution in [0.15, 0.2) is 0 Å². The van der Waals surface area contributed by atoms with Crippen LogP contribution in [0, 0.1) is 5.41 Å². The van der Waals surface area contributed by atoms with Gasteiger partial charge in [-0.25, -0.2) is 0 Å². The molecule has 0 saturated heterocycles. The minimum Gasteiger partial charge on any atom is -0.396 e. The van der Waals surface area contributed by atoms with Crippen LogP contribution in [0.25, 0.3) is 0 Å². The summed E-state index contributed by atoms with van der Waals surface area (Å²) >= 11 is 0. The van der Waals surface area contributed by atoms with Crippen molar-refractivity contribution in [3.05, 3.63) is 0 Å². The van der Waals surface area contributed by atoms with Crippen molar-refractivity contribution in [1.29, 1.82) is 0 Å². The second kappa shape index (κ2) is 19.1. The molecule has 0 saturated carbocycles. The second-order valence-electron chi connectivity index (χ2n) is 3.70. The van der Waals surface area contributed by atoms with Gasteiger partial charge in [0.05, 0.1) is 31.8 Å². The summed E-state index contributed by atoms with van der Waals surface area (Å²) in [5.41, 5.74) is 3.92. The average Bonchev–Trinajstić information content (AvgIpc) is 2.44. The van der Waals surface area contributed by atoms with Crippen molar-refractivity contribution in [2.24, 2.45) is 11.1 Å². The highest BCUT2D eigenvalue weighted by Gasteiger charge is 2.26. The highest BCUT2D eigenvalue weighted by molar-refractivity contribution is 4.74. The molecular weight excluding hydrogens is 238 g/mol. The number of ether oxygens (including phenoxy) is 1. The van der Waals surface area contributed by atoms with Crippen LogP contribution in [0.2, 0.25) is 0 Å². The van der Waals surface area contributed by atoms with Crippen molar-refractivity contribution in [3.63, 3.8) is 0 Å². The molecule has 6 N–H and O–H groups in total. The van der Waals surface area contributed by atoms with Gasteiger partial charge in [-0.05, 0) is 26.8 Å². The lowest BCUT2D eigenvalue weighted by atomic mass is 9.93. The van der Waals surface area contributed by atoms with Crippen molar-refractivity contribution in [2.45, 2.75) is 27.2 Å². The molecule has 114 valence electrons. The molecule has 18 heavy (non-hydrogen) atoms. The fourth-order valence-electron chi connectivity index (χ4n) is 0.504. The van der Waals surface area contributed by atoms with E-state index in [1.54, 1.807) is 0 Å². The zero-order chi connectivity index (χ0) is 14.9. The van der Waals surface area contributed by atoms with Gasteiger partial charge in [0.15, 0.2) is 0 Å². The van der Waals surface area contributed by atoms with Gasteiger partial charge >= 0.3 is 0 Å².